The van der Waals surface area contributed by atoms with Gasteiger partial charge in [0.1, 0.15) is 5.75 Å². The summed E-state index contributed by atoms with van der Waals surface area (Å²) in [5.41, 5.74) is 6.45. The summed E-state index contributed by atoms with van der Waals surface area (Å²) < 4.78 is 5.69. The van der Waals surface area contributed by atoms with E-state index in [9.17, 15) is 4.79 Å². The summed E-state index contributed by atoms with van der Waals surface area (Å²) in [4.78, 5) is 12.3. The van der Waals surface area contributed by atoms with Crippen molar-refractivity contribution in [2.75, 3.05) is 0 Å². The number of Topliss-reactive ketones (excluding diaryl/α,β-unsaturated/α-hetero) is 1. The van der Waals surface area contributed by atoms with Crippen molar-refractivity contribution in [1.82, 2.24) is 0 Å². The Morgan fingerprint density at radius 3 is 2.39 bits per heavy atom. The number of hydrogen-bond donors (Lipinski definition) is 1. The van der Waals surface area contributed by atoms with E-state index < -0.39 is 5.72 Å². The third-order valence-electron chi connectivity index (χ3n) is 3.14. The molecule has 3 rings (SSSR count). The van der Waals surface area contributed by atoms with Gasteiger partial charge in [-0.05, 0) is 17.7 Å². The van der Waals surface area contributed by atoms with Crippen LogP contribution in [0.15, 0.2) is 54.6 Å². The third-order valence-corrected chi connectivity index (χ3v) is 3.14. The number of para-hydroxylation sites is 1. The average molecular weight is 239 g/mol. The summed E-state index contributed by atoms with van der Waals surface area (Å²) in [6.45, 7) is 0. The zero-order valence-corrected chi connectivity index (χ0v) is 9.80. The Balaban J connectivity index is 1.93. The van der Waals surface area contributed by atoms with E-state index in [0.29, 0.717) is 17.7 Å². The highest BCUT2D eigenvalue weighted by molar-refractivity contribution is 6.06. The predicted octanol–water partition coefficient (Wildman–Crippen LogP) is 2.16. The summed E-state index contributed by atoms with van der Waals surface area (Å²) in [6, 6.07) is 16.6. The number of carbonyl (C=O) groups is 1. The number of fused-ring (bicyclic) bond motifs is 1. The number of ether oxygens (including phenoxy) is 1. The molecule has 0 amide bonds. The van der Waals surface area contributed by atoms with Crippen molar-refractivity contribution in [3.8, 4) is 5.75 Å². The molecule has 1 aliphatic rings. The van der Waals surface area contributed by atoms with Gasteiger partial charge in [0.15, 0.2) is 0 Å². The van der Waals surface area contributed by atoms with Gasteiger partial charge in [0, 0.05) is 12.0 Å². The predicted molar refractivity (Wildman–Crippen MR) is 68.5 cm³/mol. The number of benzene rings is 2. The van der Waals surface area contributed by atoms with Crippen LogP contribution < -0.4 is 10.5 Å². The molecule has 0 radical (unpaired) electrons. The first kappa shape index (κ1) is 11.0. The van der Waals surface area contributed by atoms with E-state index in [1.807, 2.05) is 36.4 Å². The monoisotopic (exact) mass is 239 g/mol. The van der Waals surface area contributed by atoms with Gasteiger partial charge in [0.2, 0.25) is 11.5 Å². The molecule has 0 heterocycles. The molecule has 1 atom stereocenters. The summed E-state index contributed by atoms with van der Waals surface area (Å²) in [5, 5.41) is 0. The van der Waals surface area contributed by atoms with Gasteiger partial charge >= 0.3 is 0 Å². The van der Waals surface area contributed by atoms with Crippen molar-refractivity contribution in [3.05, 3.63) is 65.7 Å². The maximum absolute atomic E-state index is 12.3. The summed E-state index contributed by atoms with van der Waals surface area (Å²) >= 11 is 0. The van der Waals surface area contributed by atoms with Crippen LogP contribution in [-0.2, 0) is 6.42 Å². The molecule has 3 nitrogen and oxygen atoms in total. The van der Waals surface area contributed by atoms with Gasteiger partial charge in [-0.25, -0.2) is 0 Å². The van der Waals surface area contributed by atoms with Gasteiger partial charge in [-0.2, -0.15) is 0 Å². The second kappa shape index (κ2) is 3.96. The number of carbonyl (C=O) groups excluding carboxylic acids is 1. The minimum absolute atomic E-state index is 0.151. The first-order valence-corrected chi connectivity index (χ1v) is 5.85. The zero-order chi connectivity index (χ0) is 12.6. The van der Waals surface area contributed by atoms with Crippen LogP contribution in [0.2, 0.25) is 0 Å². The van der Waals surface area contributed by atoms with E-state index in [1.54, 1.807) is 18.2 Å². The molecule has 1 unspecified atom stereocenters. The van der Waals surface area contributed by atoms with E-state index in [4.69, 9.17) is 10.5 Å². The standard InChI is InChI=1S/C15H13NO2/c16-15(18-12-7-2-1-3-8-12)10-11-6-4-5-9-13(11)14(15)17/h1-9H,10,16H2. The number of hydrogen-bond acceptors (Lipinski definition) is 3. The van der Waals surface area contributed by atoms with E-state index >= 15 is 0 Å². The quantitative estimate of drug-likeness (QED) is 0.817. The van der Waals surface area contributed by atoms with E-state index in [2.05, 4.69) is 0 Å². The fraction of sp³-hybridized carbons (Fsp3) is 0.133. The summed E-state index contributed by atoms with van der Waals surface area (Å²) in [7, 11) is 0. The highest BCUT2D eigenvalue weighted by Gasteiger charge is 2.44. The van der Waals surface area contributed by atoms with Gasteiger partial charge < -0.3 is 4.74 Å². The van der Waals surface area contributed by atoms with Crippen LogP contribution in [0.5, 0.6) is 5.75 Å². The minimum atomic E-state index is -1.27. The van der Waals surface area contributed by atoms with Gasteiger partial charge in [-0.3, -0.25) is 10.5 Å². The van der Waals surface area contributed by atoms with Gasteiger partial charge in [0.25, 0.3) is 0 Å². The fourth-order valence-corrected chi connectivity index (χ4v) is 2.27. The van der Waals surface area contributed by atoms with E-state index in [1.165, 1.54) is 0 Å². The Morgan fingerprint density at radius 2 is 1.67 bits per heavy atom. The highest BCUT2D eigenvalue weighted by Crippen LogP contribution is 2.30. The van der Waals surface area contributed by atoms with E-state index in [-0.39, 0.29) is 5.78 Å². The number of nitrogens with two attached hydrogens (primary N) is 1. The summed E-state index contributed by atoms with van der Waals surface area (Å²) in [5.74, 6) is 0.461. The normalized spacial score (nSPS) is 21.7. The van der Waals surface area contributed by atoms with Crippen molar-refractivity contribution in [2.24, 2.45) is 5.73 Å². The Hall–Kier alpha value is -2.13. The highest BCUT2D eigenvalue weighted by atomic mass is 16.5. The second-order valence-corrected chi connectivity index (χ2v) is 4.47. The first-order valence-electron chi connectivity index (χ1n) is 5.85. The van der Waals surface area contributed by atoms with Gasteiger partial charge in [-0.1, -0.05) is 42.5 Å². The zero-order valence-electron chi connectivity index (χ0n) is 9.80. The molecular weight excluding hydrogens is 226 g/mol. The Morgan fingerprint density at radius 1 is 1.00 bits per heavy atom. The topological polar surface area (TPSA) is 52.3 Å². The molecule has 0 aromatic heterocycles. The van der Waals surface area contributed by atoms with Crippen LogP contribution in [-0.4, -0.2) is 11.5 Å². The molecule has 2 N–H and O–H groups in total. The Bertz CT molecular complexity index is 594. The Labute approximate surface area is 105 Å². The lowest BCUT2D eigenvalue weighted by atomic mass is 10.1. The first-order chi connectivity index (χ1) is 8.69. The molecule has 0 aliphatic heterocycles. The van der Waals surface area contributed by atoms with Gasteiger partial charge in [-0.15, -0.1) is 0 Å². The van der Waals surface area contributed by atoms with Crippen molar-refractivity contribution in [1.29, 1.82) is 0 Å². The molecule has 0 saturated carbocycles. The molecule has 0 saturated heterocycles. The van der Waals surface area contributed by atoms with Crippen LogP contribution in [0.4, 0.5) is 0 Å². The van der Waals surface area contributed by atoms with Crippen molar-refractivity contribution in [2.45, 2.75) is 12.1 Å². The number of rotatable bonds is 2. The average Bonchev–Trinajstić information content (AvgIpc) is 2.63. The largest absolute Gasteiger partial charge is 0.465 e. The van der Waals surface area contributed by atoms with Crippen LogP contribution in [0.3, 0.4) is 0 Å². The molecule has 18 heavy (non-hydrogen) atoms. The summed E-state index contributed by atoms with van der Waals surface area (Å²) in [6.07, 6.45) is 0.414. The molecule has 0 bridgehead atoms. The fourth-order valence-electron chi connectivity index (χ4n) is 2.27. The molecule has 0 spiro atoms. The number of ketones is 1. The lowest BCUT2D eigenvalue weighted by Crippen LogP contribution is -2.51. The molecular formula is C15H13NO2. The molecule has 2 aromatic carbocycles. The lowest BCUT2D eigenvalue weighted by molar-refractivity contribution is 0.0521. The van der Waals surface area contributed by atoms with Gasteiger partial charge in [0.05, 0.1) is 0 Å². The third kappa shape index (κ3) is 1.69. The maximum atomic E-state index is 12.3. The smallest absolute Gasteiger partial charge is 0.226 e. The van der Waals surface area contributed by atoms with Crippen LogP contribution in [0.1, 0.15) is 15.9 Å². The van der Waals surface area contributed by atoms with Crippen LogP contribution >= 0.6 is 0 Å². The van der Waals surface area contributed by atoms with Crippen molar-refractivity contribution < 1.29 is 9.53 Å². The lowest BCUT2D eigenvalue weighted by Gasteiger charge is -2.23. The second-order valence-electron chi connectivity index (χ2n) is 4.47. The van der Waals surface area contributed by atoms with E-state index in [0.717, 1.165) is 5.56 Å². The minimum Gasteiger partial charge on any atom is -0.465 e. The Kier molecular flexibility index (Phi) is 2.42. The maximum Gasteiger partial charge on any atom is 0.226 e. The van der Waals surface area contributed by atoms with Crippen molar-refractivity contribution >= 4 is 5.78 Å². The molecule has 1 aliphatic carbocycles. The molecule has 3 heteroatoms. The molecule has 0 fully saturated rings. The van der Waals surface area contributed by atoms with Crippen LogP contribution in [0, 0.1) is 0 Å². The molecule has 90 valence electrons. The van der Waals surface area contributed by atoms with Crippen molar-refractivity contribution in [3.63, 3.8) is 0 Å². The SMILES string of the molecule is NC1(Oc2ccccc2)Cc2ccccc2C1=O. The van der Waals surface area contributed by atoms with Crippen LogP contribution in [0.25, 0.3) is 0 Å². The molecule has 2 aromatic rings.